The van der Waals surface area contributed by atoms with Gasteiger partial charge in [-0.3, -0.25) is 28.8 Å². The van der Waals surface area contributed by atoms with Gasteiger partial charge in [0.25, 0.3) is 0 Å². The van der Waals surface area contributed by atoms with Crippen LogP contribution in [0.3, 0.4) is 0 Å². The van der Waals surface area contributed by atoms with Crippen LogP contribution in [-0.2, 0) is 41.7 Å². The molecule has 230 valence electrons. The third-order valence-electron chi connectivity index (χ3n) is 7.92. The van der Waals surface area contributed by atoms with Crippen molar-refractivity contribution in [2.45, 2.75) is 110 Å². The lowest BCUT2D eigenvalue weighted by Crippen LogP contribution is -2.46. The Morgan fingerprint density at radius 2 is 1.73 bits per heavy atom. The van der Waals surface area contributed by atoms with Crippen molar-refractivity contribution in [1.29, 1.82) is 0 Å². The van der Waals surface area contributed by atoms with Crippen LogP contribution in [0.15, 0.2) is 6.20 Å². The molecule has 0 radical (unpaired) electrons. The van der Waals surface area contributed by atoms with Gasteiger partial charge in [0.15, 0.2) is 0 Å². The molecule has 2 fully saturated rings. The Morgan fingerprint density at radius 3 is 2.39 bits per heavy atom. The van der Waals surface area contributed by atoms with Gasteiger partial charge in [-0.1, -0.05) is 5.21 Å². The van der Waals surface area contributed by atoms with Crippen LogP contribution >= 0.6 is 0 Å². The van der Waals surface area contributed by atoms with Gasteiger partial charge in [0, 0.05) is 50.6 Å². The van der Waals surface area contributed by atoms with Crippen LogP contribution in [0.25, 0.3) is 0 Å². The molecule has 0 atom stereocenters. The summed E-state index contributed by atoms with van der Waals surface area (Å²) in [6.45, 7) is 12.3. The molecule has 0 spiro atoms. The fourth-order valence-corrected chi connectivity index (χ4v) is 5.25. The Balaban J connectivity index is 1.32. The van der Waals surface area contributed by atoms with Crippen molar-refractivity contribution in [1.82, 2.24) is 30.5 Å². The number of hydrogen-bond acceptors (Lipinski definition) is 8. The number of aryl methyl sites for hydroxylation is 1. The van der Waals surface area contributed by atoms with Crippen molar-refractivity contribution >= 4 is 23.6 Å². The van der Waals surface area contributed by atoms with Crippen LogP contribution in [0.1, 0.15) is 91.7 Å². The van der Waals surface area contributed by atoms with Crippen LogP contribution in [0.5, 0.6) is 0 Å². The zero-order valence-electron chi connectivity index (χ0n) is 25.4. The maximum Gasteiger partial charge on any atom is 0.246 e. The summed E-state index contributed by atoms with van der Waals surface area (Å²) in [4.78, 5) is 49.8. The van der Waals surface area contributed by atoms with Gasteiger partial charge >= 0.3 is 0 Å². The molecule has 0 unspecified atom stereocenters. The molecule has 12 heteroatoms. The molecule has 3 rings (SSSR count). The highest BCUT2D eigenvalue weighted by Gasteiger charge is 2.33. The summed E-state index contributed by atoms with van der Waals surface area (Å²) >= 11 is 0. The summed E-state index contributed by atoms with van der Waals surface area (Å²) < 4.78 is 13.0. The Labute approximate surface area is 243 Å². The predicted octanol–water partition coefficient (Wildman–Crippen LogP) is 2.36. The van der Waals surface area contributed by atoms with Crippen molar-refractivity contribution < 1.29 is 28.7 Å². The number of nitrogens with one attached hydrogen (secondary N) is 2. The highest BCUT2D eigenvalue weighted by atomic mass is 16.5. The summed E-state index contributed by atoms with van der Waals surface area (Å²) in [5, 5.41) is 14.4. The van der Waals surface area contributed by atoms with Crippen molar-refractivity contribution in [3.05, 3.63) is 11.9 Å². The Bertz CT molecular complexity index is 1030. The minimum atomic E-state index is -0.399. The van der Waals surface area contributed by atoms with Gasteiger partial charge in [0.2, 0.25) is 23.6 Å². The monoisotopic (exact) mass is 576 g/mol. The van der Waals surface area contributed by atoms with Crippen LogP contribution in [-0.4, -0.2) is 81.0 Å². The van der Waals surface area contributed by atoms with Gasteiger partial charge in [-0.05, 0) is 79.1 Å². The van der Waals surface area contributed by atoms with Gasteiger partial charge in [-0.2, -0.15) is 0 Å². The highest BCUT2D eigenvalue weighted by Crippen LogP contribution is 2.30. The number of rotatable bonds is 16. The fourth-order valence-electron chi connectivity index (χ4n) is 5.25. The average Bonchev–Trinajstić information content (AvgIpc) is 3.51. The van der Waals surface area contributed by atoms with E-state index in [1.54, 1.807) is 4.68 Å². The zero-order chi connectivity index (χ0) is 30.0. The van der Waals surface area contributed by atoms with Crippen LogP contribution < -0.4 is 10.6 Å². The van der Waals surface area contributed by atoms with E-state index in [1.807, 2.05) is 40.8 Å². The fraction of sp³-hybridized carbons (Fsp3) is 0.793. The largest absolute Gasteiger partial charge is 0.375 e. The molecule has 1 aromatic heterocycles. The van der Waals surface area contributed by atoms with Crippen molar-refractivity contribution in [3.63, 3.8) is 0 Å². The molecular formula is C29H48N6O6. The van der Waals surface area contributed by atoms with Crippen LogP contribution in [0.4, 0.5) is 0 Å². The topological polar surface area (TPSA) is 145 Å². The molecule has 2 N–H and O–H groups in total. The van der Waals surface area contributed by atoms with E-state index < -0.39 is 5.54 Å². The summed E-state index contributed by atoms with van der Waals surface area (Å²) in [6, 6.07) is 0. The van der Waals surface area contributed by atoms with Gasteiger partial charge in [-0.25, -0.2) is 0 Å². The van der Waals surface area contributed by atoms with Crippen molar-refractivity contribution in [2.24, 2.45) is 11.8 Å². The van der Waals surface area contributed by atoms with Crippen molar-refractivity contribution in [2.75, 3.05) is 26.4 Å². The van der Waals surface area contributed by atoms with E-state index in [-0.39, 0.29) is 47.7 Å². The average molecular weight is 577 g/mol. The van der Waals surface area contributed by atoms with Gasteiger partial charge in [-0.15, -0.1) is 5.10 Å². The third kappa shape index (κ3) is 10.8. The Hall–Kier alpha value is -2.86. The minimum absolute atomic E-state index is 0.0119. The predicted molar refractivity (Wildman–Crippen MR) is 151 cm³/mol. The molecule has 12 nitrogen and oxygen atoms in total. The second-order valence-corrected chi connectivity index (χ2v) is 12.5. The first-order valence-corrected chi connectivity index (χ1v) is 14.9. The van der Waals surface area contributed by atoms with E-state index in [4.69, 9.17) is 9.47 Å². The molecule has 1 saturated carbocycles. The van der Waals surface area contributed by atoms with Crippen LogP contribution in [0, 0.1) is 11.8 Å². The number of nitrogens with zero attached hydrogens (tertiary/aromatic N) is 4. The smallest absolute Gasteiger partial charge is 0.246 e. The molecule has 1 aromatic rings. The molecular weight excluding hydrogens is 528 g/mol. The summed E-state index contributed by atoms with van der Waals surface area (Å²) in [5.74, 6) is -0.0496. The second-order valence-electron chi connectivity index (χ2n) is 12.5. The SMILES string of the molecule is CCOCC(=O)NC(C)(C)CCOC(C)(C)CCn1cc(CNC(=O)C2CCC(CN3C(=O)CCC3=O)CC2)nn1. The highest BCUT2D eigenvalue weighted by molar-refractivity contribution is 6.01. The van der Waals surface area contributed by atoms with E-state index in [0.29, 0.717) is 57.8 Å². The first-order valence-electron chi connectivity index (χ1n) is 14.9. The maximum atomic E-state index is 12.7. The first-order chi connectivity index (χ1) is 19.4. The van der Waals surface area contributed by atoms with Gasteiger partial charge in [0.05, 0.1) is 18.3 Å². The van der Waals surface area contributed by atoms with Crippen LogP contribution in [0.2, 0.25) is 0 Å². The summed E-state index contributed by atoms with van der Waals surface area (Å²) in [5.41, 5.74) is -0.0927. The van der Waals surface area contributed by atoms with E-state index in [9.17, 15) is 19.2 Å². The second kappa shape index (κ2) is 14.9. The number of ether oxygens (including phenoxy) is 2. The van der Waals surface area contributed by atoms with E-state index in [1.165, 1.54) is 4.90 Å². The molecule has 1 saturated heterocycles. The lowest BCUT2D eigenvalue weighted by atomic mass is 9.81. The number of carbonyl (C=O) groups excluding carboxylic acids is 4. The Morgan fingerprint density at radius 1 is 1.05 bits per heavy atom. The normalized spacial score (nSPS) is 20.0. The number of carbonyl (C=O) groups is 4. The maximum absolute atomic E-state index is 12.7. The third-order valence-corrected chi connectivity index (χ3v) is 7.92. The number of hydrogen-bond donors (Lipinski definition) is 2. The molecule has 1 aliphatic heterocycles. The lowest BCUT2D eigenvalue weighted by Gasteiger charge is -2.30. The zero-order valence-corrected chi connectivity index (χ0v) is 25.4. The number of amides is 4. The first kappa shape index (κ1) is 32.7. The molecule has 41 heavy (non-hydrogen) atoms. The summed E-state index contributed by atoms with van der Waals surface area (Å²) in [7, 11) is 0. The number of aromatic nitrogens is 3. The molecule has 2 heterocycles. The Kier molecular flexibility index (Phi) is 11.8. The van der Waals surface area contributed by atoms with Gasteiger partial charge in [0.1, 0.15) is 12.3 Å². The lowest BCUT2D eigenvalue weighted by molar-refractivity contribution is -0.139. The number of likely N-dealkylation sites (tertiary alicyclic amines) is 1. The van der Waals surface area contributed by atoms with E-state index in [2.05, 4.69) is 20.9 Å². The van der Waals surface area contributed by atoms with Gasteiger partial charge < -0.3 is 20.1 Å². The summed E-state index contributed by atoms with van der Waals surface area (Å²) in [6.07, 6.45) is 7.06. The molecule has 4 amide bonds. The minimum Gasteiger partial charge on any atom is -0.375 e. The quantitative estimate of drug-likeness (QED) is 0.285. The van der Waals surface area contributed by atoms with E-state index in [0.717, 1.165) is 32.1 Å². The van der Waals surface area contributed by atoms with E-state index >= 15 is 0 Å². The number of imide groups is 1. The molecule has 0 aromatic carbocycles. The molecule has 1 aliphatic carbocycles. The molecule has 0 bridgehead atoms. The molecule has 2 aliphatic rings. The standard InChI is InChI=1S/C29H48N6O6/c1-6-40-20-24(36)31-28(2,3)14-16-41-29(4,5)13-15-34-19-23(32-33-34)17-30-27(39)22-9-7-21(8-10-22)18-35-25(37)11-12-26(35)38/h19,21-22H,6-18,20H2,1-5H3,(H,30,39)(H,31,36). The van der Waals surface area contributed by atoms with Crippen molar-refractivity contribution in [3.8, 4) is 0 Å².